The van der Waals surface area contributed by atoms with Crippen molar-refractivity contribution < 1.29 is 64.3 Å². The molecule has 1 N–H and O–H groups in total. The molecule has 0 spiro atoms. The largest absolute Gasteiger partial charge is 1.00 e. The molecule has 2 nitrogen and oxygen atoms in total. The third-order valence-corrected chi connectivity index (χ3v) is 2.23. The van der Waals surface area contributed by atoms with Crippen LogP contribution in [0, 0.1) is 0 Å². The number of nitrogens with one attached hydrogen (secondary N) is 1. The summed E-state index contributed by atoms with van der Waals surface area (Å²) in [5, 5.41) is 3.19. The Morgan fingerprint density at radius 2 is 2.07 bits per heavy atom. The Bertz CT molecular complexity index is 168. The summed E-state index contributed by atoms with van der Waals surface area (Å²) in [7, 11) is 0. The van der Waals surface area contributed by atoms with Crippen LogP contribution in [0.3, 0.4) is 0 Å². The maximum Gasteiger partial charge on any atom is 1.00 e. The molecule has 1 fully saturated rings. The van der Waals surface area contributed by atoms with Gasteiger partial charge in [-0.15, -0.1) is 0 Å². The van der Waals surface area contributed by atoms with Gasteiger partial charge in [0.2, 0.25) is 0 Å². The number of rotatable bonds is 3. The van der Waals surface area contributed by atoms with Gasteiger partial charge in [-0.05, 0) is 13.5 Å². The van der Waals surface area contributed by atoms with Gasteiger partial charge in [-0.2, -0.15) is 0 Å². The molecule has 0 saturated carbocycles. The molecular formula is C7H15BF3KN2. The first-order valence-electron chi connectivity index (χ1n) is 4.64. The van der Waals surface area contributed by atoms with Gasteiger partial charge >= 0.3 is 58.4 Å². The molecule has 78 valence electrons. The predicted molar refractivity (Wildman–Crippen MR) is 47.8 cm³/mol. The van der Waals surface area contributed by atoms with Crippen LogP contribution in [-0.4, -0.2) is 44.1 Å². The molecule has 1 atom stereocenters. The zero-order chi connectivity index (χ0) is 9.90. The molecule has 1 rings (SSSR count). The molecule has 0 amide bonds. The van der Waals surface area contributed by atoms with Crippen LogP contribution in [0.15, 0.2) is 0 Å². The first kappa shape index (κ1) is 15.4. The van der Waals surface area contributed by atoms with E-state index in [9.17, 15) is 12.9 Å². The Kier molecular flexibility index (Phi) is 7.57. The Labute approximate surface area is 125 Å². The van der Waals surface area contributed by atoms with E-state index in [1.165, 1.54) is 0 Å². The average Bonchev–Trinajstić information content (AvgIpc) is 2.00. The summed E-state index contributed by atoms with van der Waals surface area (Å²) in [6.45, 7) is -0.195. The number of hydrogen-bond donors (Lipinski definition) is 1. The molecule has 0 aliphatic carbocycles. The number of halogens is 3. The second kappa shape index (κ2) is 6.88. The summed E-state index contributed by atoms with van der Waals surface area (Å²) >= 11 is 0. The van der Waals surface area contributed by atoms with E-state index in [2.05, 4.69) is 5.32 Å². The Morgan fingerprint density at radius 1 is 1.43 bits per heavy atom. The second-order valence-electron chi connectivity index (χ2n) is 3.65. The molecule has 7 heteroatoms. The van der Waals surface area contributed by atoms with Crippen molar-refractivity contribution in [2.45, 2.75) is 19.3 Å². The van der Waals surface area contributed by atoms with E-state index in [0.717, 1.165) is 19.6 Å². The summed E-state index contributed by atoms with van der Waals surface area (Å²) < 4.78 is 35.8. The molecule has 1 heterocycles. The minimum Gasteiger partial charge on any atom is -0.449 e. The van der Waals surface area contributed by atoms with Crippen molar-refractivity contribution in [3.05, 3.63) is 0 Å². The fourth-order valence-corrected chi connectivity index (χ4v) is 1.54. The standard InChI is InChI=1S/C7H15BF3N2.K/c1-7-6-13(5-3-12-7)4-2-8(9,10)11;/h7,12H,2-6H2,1H3;/q-1;+1/t7-;/m1./s1. The number of piperazine rings is 1. The van der Waals surface area contributed by atoms with Gasteiger partial charge in [0.15, 0.2) is 0 Å². The average molecular weight is 234 g/mol. The molecule has 1 aliphatic heterocycles. The molecule has 0 aromatic heterocycles. The van der Waals surface area contributed by atoms with Crippen molar-refractivity contribution in [2.75, 3.05) is 26.2 Å². The van der Waals surface area contributed by atoms with Gasteiger partial charge in [0.25, 0.3) is 0 Å². The fourth-order valence-electron chi connectivity index (χ4n) is 1.54. The van der Waals surface area contributed by atoms with Crippen molar-refractivity contribution >= 4 is 6.98 Å². The zero-order valence-corrected chi connectivity index (χ0v) is 11.9. The number of hydrogen-bond acceptors (Lipinski definition) is 2. The van der Waals surface area contributed by atoms with Gasteiger partial charge in [0.05, 0.1) is 0 Å². The van der Waals surface area contributed by atoms with E-state index in [-0.39, 0.29) is 57.9 Å². The minimum atomic E-state index is -4.61. The Morgan fingerprint density at radius 3 is 2.57 bits per heavy atom. The molecule has 1 saturated heterocycles. The van der Waals surface area contributed by atoms with Crippen molar-refractivity contribution in [1.82, 2.24) is 10.2 Å². The Hall–Kier alpha value is 1.41. The van der Waals surface area contributed by atoms with Crippen molar-refractivity contribution in [3.63, 3.8) is 0 Å². The van der Waals surface area contributed by atoms with Gasteiger partial charge in [-0.25, -0.2) is 0 Å². The first-order valence-corrected chi connectivity index (χ1v) is 4.64. The van der Waals surface area contributed by atoms with Crippen molar-refractivity contribution in [2.24, 2.45) is 0 Å². The van der Waals surface area contributed by atoms with E-state index in [1.54, 1.807) is 0 Å². The first-order chi connectivity index (χ1) is 5.97. The van der Waals surface area contributed by atoms with Crippen LogP contribution in [0.4, 0.5) is 12.9 Å². The molecule has 0 aromatic carbocycles. The van der Waals surface area contributed by atoms with E-state index < -0.39 is 13.3 Å². The molecule has 0 bridgehead atoms. The van der Waals surface area contributed by atoms with Crippen LogP contribution >= 0.6 is 0 Å². The van der Waals surface area contributed by atoms with Crippen LogP contribution in [-0.2, 0) is 0 Å². The molecule has 0 unspecified atom stereocenters. The van der Waals surface area contributed by atoms with Gasteiger partial charge in [0.1, 0.15) is 0 Å². The summed E-state index contributed by atoms with van der Waals surface area (Å²) in [6.07, 6.45) is -0.632. The summed E-state index contributed by atoms with van der Waals surface area (Å²) in [5.74, 6) is 0. The smallest absolute Gasteiger partial charge is 0.449 e. The molecular weight excluding hydrogens is 219 g/mol. The van der Waals surface area contributed by atoms with E-state index in [1.807, 2.05) is 11.8 Å². The Balaban J connectivity index is 0.00000169. The van der Waals surface area contributed by atoms with E-state index >= 15 is 0 Å². The summed E-state index contributed by atoms with van der Waals surface area (Å²) in [4.78, 5) is 1.87. The second-order valence-corrected chi connectivity index (χ2v) is 3.65. The van der Waals surface area contributed by atoms with Gasteiger partial charge < -0.3 is 23.2 Å². The van der Waals surface area contributed by atoms with Crippen LogP contribution in [0.2, 0.25) is 6.32 Å². The van der Waals surface area contributed by atoms with Crippen molar-refractivity contribution in [1.29, 1.82) is 0 Å². The zero-order valence-electron chi connectivity index (χ0n) is 8.77. The molecule has 0 aromatic rings. The third-order valence-electron chi connectivity index (χ3n) is 2.23. The van der Waals surface area contributed by atoms with Crippen molar-refractivity contribution in [3.8, 4) is 0 Å². The normalized spacial score (nSPS) is 24.4. The topological polar surface area (TPSA) is 15.3 Å². The summed E-state index contributed by atoms with van der Waals surface area (Å²) in [5.41, 5.74) is 0. The van der Waals surface area contributed by atoms with Gasteiger partial charge in [0, 0.05) is 25.7 Å². The van der Waals surface area contributed by atoms with Crippen LogP contribution in [0.25, 0.3) is 0 Å². The van der Waals surface area contributed by atoms with Gasteiger partial charge in [-0.3, -0.25) is 0 Å². The van der Waals surface area contributed by atoms with Gasteiger partial charge in [-0.1, -0.05) is 6.32 Å². The minimum absolute atomic E-state index is 0. The number of nitrogens with zero attached hydrogens (tertiary/aromatic N) is 1. The predicted octanol–water partition coefficient (Wildman–Crippen LogP) is -1.87. The fraction of sp³-hybridized carbons (Fsp3) is 1.00. The van der Waals surface area contributed by atoms with Crippen LogP contribution in [0.1, 0.15) is 6.92 Å². The maximum absolute atomic E-state index is 11.9. The quantitative estimate of drug-likeness (QED) is 0.576. The molecule has 1 aliphatic rings. The molecule has 14 heavy (non-hydrogen) atoms. The third kappa shape index (κ3) is 6.81. The summed E-state index contributed by atoms with van der Waals surface area (Å²) in [6, 6.07) is 0.314. The molecule has 0 radical (unpaired) electrons. The van der Waals surface area contributed by atoms with E-state index in [0.29, 0.717) is 6.04 Å². The maximum atomic E-state index is 11.9. The monoisotopic (exact) mass is 234 g/mol. The van der Waals surface area contributed by atoms with Crippen LogP contribution in [0.5, 0.6) is 0 Å². The van der Waals surface area contributed by atoms with E-state index in [4.69, 9.17) is 0 Å². The van der Waals surface area contributed by atoms with Crippen LogP contribution < -0.4 is 56.7 Å². The SMILES string of the molecule is C[C@@H]1CN(CC[B-](F)(F)F)CCN1.[K+].